The molecule has 3 aliphatic rings. The fraction of sp³-hybridized carbons (Fsp3) is 0.700. The zero-order chi connectivity index (χ0) is 29.5. The second-order valence-electron chi connectivity index (χ2n) is 11.7. The molecule has 0 bridgehead atoms. The molecule has 4 rings (SSSR count). The van der Waals surface area contributed by atoms with Gasteiger partial charge in [0, 0.05) is 56.7 Å². The van der Waals surface area contributed by atoms with Crippen LogP contribution in [0.3, 0.4) is 0 Å². The van der Waals surface area contributed by atoms with Gasteiger partial charge in [0.15, 0.2) is 11.5 Å². The van der Waals surface area contributed by atoms with Crippen molar-refractivity contribution in [3.63, 3.8) is 0 Å². The maximum Gasteiger partial charge on any atom is 0.308 e. The zero-order valence-corrected chi connectivity index (χ0v) is 24.7. The van der Waals surface area contributed by atoms with E-state index in [2.05, 4.69) is 11.8 Å². The molecule has 1 aromatic rings. The quantitative estimate of drug-likeness (QED) is 0.303. The minimum Gasteiger partial charge on any atom is -0.481 e. The first kappa shape index (κ1) is 31.1. The first-order chi connectivity index (χ1) is 19.7. The molecule has 0 spiro atoms. The minimum absolute atomic E-state index is 0.00688. The average Bonchev–Trinajstić information content (AvgIpc) is 3.66. The number of nitrogens with zero attached hydrogens (tertiary/aromatic N) is 4. The van der Waals surface area contributed by atoms with Crippen LogP contribution in [-0.4, -0.2) is 120 Å². The Morgan fingerprint density at radius 1 is 1.10 bits per heavy atom. The molecular formula is C30H46N4O7. The number of amides is 2. The fourth-order valence-electron chi connectivity index (χ4n) is 6.33. The highest BCUT2D eigenvalue weighted by Gasteiger charge is 2.49. The molecule has 0 aromatic heterocycles. The third-order valence-electron chi connectivity index (χ3n) is 8.54. The van der Waals surface area contributed by atoms with Gasteiger partial charge >= 0.3 is 5.97 Å². The van der Waals surface area contributed by atoms with Crippen molar-refractivity contribution >= 4 is 17.8 Å². The van der Waals surface area contributed by atoms with Gasteiger partial charge in [-0.2, -0.15) is 0 Å². The van der Waals surface area contributed by atoms with Gasteiger partial charge < -0.3 is 34.4 Å². The Morgan fingerprint density at radius 3 is 2.51 bits per heavy atom. The van der Waals surface area contributed by atoms with Gasteiger partial charge in [0.1, 0.15) is 0 Å². The van der Waals surface area contributed by atoms with Crippen LogP contribution in [0, 0.1) is 5.92 Å². The van der Waals surface area contributed by atoms with Gasteiger partial charge in [0.05, 0.1) is 19.1 Å². The van der Waals surface area contributed by atoms with Crippen LogP contribution in [0.15, 0.2) is 12.1 Å². The van der Waals surface area contributed by atoms with Crippen molar-refractivity contribution < 1.29 is 34.1 Å². The number of ether oxygens (including phenoxy) is 2. The lowest BCUT2D eigenvalue weighted by molar-refractivity contribution is -0.144. The number of hydrogen-bond donors (Lipinski definition) is 2. The number of unbranched alkanes of at least 4 members (excludes halogenated alkanes) is 2. The Labute approximate surface area is 243 Å². The molecule has 0 unspecified atom stereocenters. The van der Waals surface area contributed by atoms with Crippen molar-refractivity contribution in [3.8, 4) is 11.5 Å². The summed E-state index contributed by atoms with van der Waals surface area (Å²) in [6.45, 7) is 5.50. The SMILES string of the molecule is CCCCN(CCCCN(C)C)C(=O)CN1C[C@H](c2cc(CO)c3c(c2)OCO3)[C@@H](C(=O)O)[C@@H]1CN1CCCC1=O. The first-order valence-electron chi connectivity index (χ1n) is 14.9. The number of aliphatic hydroxyl groups is 1. The van der Waals surface area contributed by atoms with Crippen LogP contribution in [-0.2, 0) is 21.0 Å². The minimum atomic E-state index is -0.962. The molecule has 3 atom stereocenters. The van der Waals surface area contributed by atoms with Crippen LogP contribution in [0.4, 0.5) is 0 Å². The molecule has 11 heteroatoms. The molecule has 3 aliphatic heterocycles. The fourth-order valence-corrected chi connectivity index (χ4v) is 6.33. The number of rotatable bonds is 15. The Morgan fingerprint density at radius 2 is 1.85 bits per heavy atom. The largest absolute Gasteiger partial charge is 0.481 e. The number of carboxylic acid groups (broad SMARTS) is 1. The molecule has 2 fully saturated rings. The van der Waals surface area contributed by atoms with E-state index in [9.17, 15) is 24.6 Å². The molecule has 0 saturated carbocycles. The van der Waals surface area contributed by atoms with Crippen molar-refractivity contribution in [1.29, 1.82) is 0 Å². The summed E-state index contributed by atoms with van der Waals surface area (Å²) in [5.74, 6) is -1.27. The summed E-state index contributed by atoms with van der Waals surface area (Å²) in [5, 5.41) is 20.5. The van der Waals surface area contributed by atoms with Gasteiger partial charge in [-0.3, -0.25) is 19.3 Å². The molecule has 2 saturated heterocycles. The maximum atomic E-state index is 13.7. The summed E-state index contributed by atoms with van der Waals surface area (Å²) in [6.07, 6.45) is 5.00. The van der Waals surface area contributed by atoms with Crippen molar-refractivity contribution in [3.05, 3.63) is 23.3 Å². The lowest BCUT2D eigenvalue weighted by Gasteiger charge is -2.32. The number of carbonyl (C=O) groups is 3. The van der Waals surface area contributed by atoms with Gasteiger partial charge in [-0.05, 0) is 64.0 Å². The molecule has 0 aliphatic carbocycles. The Balaban J connectivity index is 1.59. The second-order valence-corrected chi connectivity index (χ2v) is 11.7. The van der Waals surface area contributed by atoms with Crippen molar-refractivity contribution in [2.45, 2.75) is 64.0 Å². The van der Waals surface area contributed by atoms with E-state index in [1.807, 2.05) is 23.9 Å². The lowest BCUT2D eigenvalue weighted by atomic mass is 9.84. The number of aliphatic hydroxyl groups excluding tert-OH is 1. The van der Waals surface area contributed by atoms with E-state index < -0.39 is 23.8 Å². The Hall–Kier alpha value is -2.89. The number of carbonyl (C=O) groups excluding carboxylic acids is 2. The molecule has 2 amide bonds. The maximum absolute atomic E-state index is 13.7. The molecule has 11 nitrogen and oxygen atoms in total. The van der Waals surface area contributed by atoms with E-state index in [-0.39, 0.29) is 38.3 Å². The van der Waals surface area contributed by atoms with Crippen LogP contribution < -0.4 is 9.47 Å². The molecule has 0 radical (unpaired) electrons. The highest BCUT2D eigenvalue weighted by molar-refractivity contribution is 5.80. The predicted molar refractivity (Wildman–Crippen MR) is 153 cm³/mol. The summed E-state index contributed by atoms with van der Waals surface area (Å²) in [4.78, 5) is 46.9. The summed E-state index contributed by atoms with van der Waals surface area (Å²) in [7, 11) is 4.08. The predicted octanol–water partition coefficient (Wildman–Crippen LogP) is 1.97. The van der Waals surface area contributed by atoms with Gasteiger partial charge in [-0.1, -0.05) is 13.3 Å². The number of aliphatic carboxylic acids is 1. The average molecular weight is 575 g/mol. The van der Waals surface area contributed by atoms with Crippen LogP contribution in [0.5, 0.6) is 11.5 Å². The van der Waals surface area contributed by atoms with Crippen LogP contribution >= 0.6 is 0 Å². The smallest absolute Gasteiger partial charge is 0.308 e. The molecular weight excluding hydrogens is 528 g/mol. The normalized spacial score (nSPS) is 22.2. The van der Waals surface area contributed by atoms with Gasteiger partial charge in [-0.25, -0.2) is 0 Å². The summed E-state index contributed by atoms with van der Waals surface area (Å²) >= 11 is 0. The molecule has 41 heavy (non-hydrogen) atoms. The van der Waals surface area contributed by atoms with E-state index in [0.29, 0.717) is 49.7 Å². The van der Waals surface area contributed by atoms with Crippen molar-refractivity contribution in [2.75, 3.05) is 66.7 Å². The van der Waals surface area contributed by atoms with Crippen molar-refractivity contribution in [2.24, 2.45) is 5.92 Å². The Bertz CT molecular complexity index is 1080. The molecule has 3 heterocycles. The zero-order valence-electron chi connectivity index (χ0n) is 24.7. The summed E-state index contributed by atoms with van der Waals surface area (Å²) < 4.78 is 11.1. The van der Waals surface area contributed by atoms with Crippen molar-refractivity contribution in [1.82, 2.24) is 19.6 Å². The number of fused-ring (bicyclic) bond motifs is 1. The number of benzene rings is 1. The number of hydrogen-bond acceptors (Lipinski definition) is 8. The van der Waals surface area contributed by atoms with E-state index in [1.165, 1.54) is 0 Å². The number of likely N-dealkylation sites (tertiary alicyclic amines) is 2. The molecule has 228 valence electrons. The van der Waals surface area contributed by atoms with Gasteiger partial charge in [0.2, 0.25) is 18.6 Å². The number of carboxylic acids is 1. The van der Waals surface area contributed by atoms with Crippen LogP contribution in [0.1, 0.15) is 62.5 Å². The van der Waals surface area contributed by atoms with Crippen LogP contribution in [0.2, 0.25) is 0 Å². The van der Waals surface area contributed by atoms with Gasteiger partial charge in [0.25, 0.3) is 0 Å². The molecule has 2 N–H and O–H groups in total. The third-order valence-corrected chi connectivity index (χ3v) is 8.54. The monoisotopic (exact) mass is 574 g/mol. The Kier molecular flexibility index (Phi) is 10.9. The van der Waals surface area contributed by atoms with E-state index in [4.69, 9.17) is 9.47 Å². The summed E-state index contributed by atoms with van der Waals surface area (Å²) in [5.41, 5.74) is 1.27. The van der Waals surface area contributed by atoms with E-state index in [1.54, 1.807) is 17.0 Å². The van der Waals surface area contributed by atoms with E-state index in [0.717, 1.165) is 44.2 Å². The summed E-state index contributed by atoms with van der Waals surface area (Å²) in [6, 6.07) is 3.06. The second kappa shape index (κ2) is 14.3. The van der Waals surface area contributed by atoms with Crippen LogP contribution in [0.25, 0.3) is 0 Å². The topological polar surface area (TPSA) is 123 Å². The highest BCUT2D eigenvalue weighted by atomic mass is 16.7. The molecule has 1 aromatic carbocycles. The highest BCUT2D eigenvalue weighted by Crippen LogP contribution is 2.44. The van der Waals surface area contributed by atoms with E-state index >= 15 is 0 Å². The first-order valence-corrected chi connectivity index (χ1v) is 14.9. The van der Waals surface area contributed by atoms with Gasteiger partial charge in [-0.15, -0.1) is 0 Å². The third kappa shape index (κ3) is 7.50. The lowest BCUT2D eigenvalue weighted by Crippen LogP contribution is -2.49. The standard InChI is InChI=1S/C30H46N4O7/c1-4-5-11-32(12-7-6-10-31(2)3)27(37)18-34-16-23(21-14-22(19-35)29-25(15-21)40-20-41-29)28(30(38)39)24(34)17-33-13-8-9-26(33)36/h14-15,23-24,28,35H,4-13,16-20H2,1-3H3,(H,38,39)/t23-,24+,28-/m1/s1.